The largest absolute Gasteiger partial charge is 0.455 e. The van der Waals surface area contributed by atoms with Crippen molar-refractivity contribution in [2.24, 2.45) is 0 Å². The van der Waals surface area contributed by atoms with Crippen molar-refractivity contribution in [1.82, 2.24) is 4.98 Å². The van der Waals surface area contributed by atoms with Gasteiger partial charge >= 0.3 is 0 Å². The van der Waals surface area contributed by atoms with Gasteiger partial charge in [-0.1, -0.05) is 23.2 Å². The van der Waals surface area contributed by atoms with E-state index in [1.54, 1.807) is 36.5 Å². The summed E-state index contributed by atoms with van der Waals surface area (Å²) in [7, 11) is 0. The zero-order valence-electron chi connectivity index (χ0n) is 10.3. The molecule has 3 rings (SSSR count). The second-order valence-corrected chi connectivity index (χ2v) is 5.13. The van der Waals surface area contributed by atoms with E-state index in [0.29, 0.717) is 32.7 Å². The average molecular weight is 305 g/mol. The molecular weight excluding hydrogens is 295 g/mol. The van der Waals surface area contributed by atoms with Crippen LogP contribution in [0.3, 0.4) is 0 Å². The molecule has 100 valence electrons. The molecule has 0 amide bonds. The third-order valence-electron chi connectivity index (χ3n) is 2.83. The summed E-state index contributed by atoms with van der Waals surface area (Å²) in [5, 5.41) is 1.87. The summed E-state index contributed by atoms with van der Waals surface area (Å²) < 4.78 is 5.82. The molecule has 3 aromatic rings. The highest BCUT2D eigenvalue weighted by Gasteiger charge is 2.08. The highest BCUT2D eigenvalue weighted by molar-refractivity contribution is 6.34. The number of rotatable bonds is 2. The molecule has 5 heteroatoms. The fraction of sp³-hybridized carbons (Fsp3) is 0. The molecule has 0 aliphatic rings. The Bertz CT molecular complexity index is 770. The fourth-order valence-corrected chi connectivity index (χ4v) is 2.47. The fourth-order valence-electron chi connectivity index (χ4n) is 1.97. The SMILES string of the molecule is Nc1ccc(Oc2cc(Cl)cc(Cl)c2)c2ncccc12. The predicted molar refractivity (Wildman–Crippen MR) is 82.7 cm³/mol. The van der Waals surface area contributed by atoms with Gasteiger partial charge in [0.1, 0.15) is 11.3 Å². The number of nitrogens with two attached hydrogens (primary N) is 1. The first-order chi connectivity index (χ1) is 9.63. The first kappa shape index (κ1) is 13.0. The Labute approximate surface area is 125 Å². The molecule has 0 aliphatic heterocycles. The van der Waals surface area contributed by atoms with Crippen LogP contribution in [0.5, 0.6) is 11.5 Å². The van der Waals surface area contributed by atoms with E-state index < -0.39 is 0 Å². The van der Waals surface area contributed by atoms with Gasteiger partial charge < -0.3 is 10.5 Å². The standard InChI is InChI=1S/C15H10Cl2N2O/c16-9-6-10(17)8-11(7-9)20-14-4-3-13(18)12-2-1-5-19-15(12)14/h1-8H,18H2. The summed E-state index contributed by atoms with van der Waals surface area (Å²) in [6, 6.07) is 12.3. The van der Waals surface area contributed by atoms with Crippen LogP contribution >= 0.6 is 23.2 Å². The number of fused-ring (bicyclic) bond motifs is 1. The number of pyridine rings is 1. The molecule has 0 atom stereocenters. The molecule has 0 spiro atoms. The quantitative estimate of drug-likeness (QED) is 0.684. The minimum Gasteiger partial charge on any atom is -0.455 e. The first-order valence-electron chi connectivity index (χ1n) is 5.90. The minimum absolute atomic E-state index is 0.514. The smallest absolute Gasteiger partial charge is 0.153 e. The maximum atomic E-state index is 5.96. The van der Waals surface area contributed by atoms with Gasteiger partial charge in [-0.05, 0) is 42.5 Å². The Hall–Kier alpha value is -1.97. The number of anilines is 1. The van der Waals surface area contributed by atoms with Crippen LogP contribution in [-0.4, -0.2) is 4.98 Å². The summed E-state index contributed by atoms with van der Waals surface area (Å²) in [5.74, 6) is 1.16. The molecule has 2 aromatic carbocycles. The van der Waals surface area contributed by atoms with Crippen LogP contribution in [0.2, 0.25) is 10.0 Å². The van der Waals surface area contributed by atoms with Gasteiger partial charge in [0, 0.05) is 27.3 Å². The van der Waals surface area contributed by atoms with Gasteiger partial charge in [0.25, 0.3) is 0 Å². The van der Waals surface area contributed by atoms with E-state index in [1.807, 2.05) is 12.1 Å². The van der Waals surface area contributed by atoms with Gasteiger partial charge in [0.05, 0.1) is 0 Å². The van der Waals surface area contributed by atoms with Crippen molar-refractivity contribution < 1.29 is 4.74 Å². The maximum Gasteiger partial charge on any atom is 0.153 e. The van der Waals surface area contributed by atoms with Crippen LogP contribution in [0, 0.1) is 0 Å². The molecule has 0 radical (unpaired) electrons. The van der Waals surface area contributed by atoms with Crippen molar-refractivity contribution in [2.45, 2.75) is 0 Å². The second kappa shape index (κ2) is 5.19. The highest BCUT2D eigenvalue weighted by Crippen LogP contribution is 2.33. The Balaban J connectivity index is 2.09. The summed E-state index contributed by atoms with van der Waals surface area (Å²) >= 11 is 11.9. The molecule has 3 nitrogen and oxygen atoms in total. The molecule has 1 heterocycles. The van der Waals surface area contributed by atoms with Gasteiger partial charge in [-0.15, -0.1) is 0 Å². The minimum atomic E-state index is 0.514. The van der Waals surface area contributed by atoms with Gasteiger partial charge in [-0.3, -0.25) is 4.98 Å². The van der Waals surface area contributed by atoms with E-state index in [2.05, 4.69) is 4.98 Å². The van der Waals surface area contributed by atoms with Crippen molar-refractivity contribution in [3.8, 4) is 11.5 Å². The zero-order chi connectivity index (χ0) is 14.1. The molecule has 0 saturated carbocycles. The van der Waals surface area contributed by atoms with Gasteiger partial charge in [-0.2, -0.15) is 0 Å². The lowest BCUT2D eigenvalue weighted by Crippen LogP contribution is -1.92. The summed E-state index contributed by atoms with van der Waals surface area (Å²) in [5.41, 5.74) is 7.28. The monoisotopic (exact) mass is 304 g/mol. The highest BCUT2D eigenvalue weighted by atomic mass is 35.5. The molecule has 0 aliphatic carbocycles. The molecule has 0 saturated heterocycles. The number of nitrogens with zero attached hydrogens (tertiary/aromatic N) is 1. The van der Waals surface area contributed by atoms with E-state index >= 15 is 0 Å². The van der Waals surface area contributed by atoms with Gasteiger partial charge in [0.15, 0.2) is 5.75 Å². The molecule has 0 fully saturated rings. The van der Waals surface area contributed by atoms with E-state index in [-0.39, 0.29) is 0 Å². The number of hydrogen-bond acceptors (Lipinski definition) is 3. The van der Waals surface area contributed by atoms with Crippen molar-refractivity contribution in [3.05, 3.63) is 58.7 Å². The number of aromatic nitrogens is 1. The first-order valence-corrected chi connectivity index (χ1v) is 6.66. The van der Waals surface area contributed by atoms with Crippen LogP contribution in [0.25, 0.3) is 10.9 Å². The Morgan fingerprint density at radius 3 is 2.50 bits per heavy atom. The van der Waals surface area contributed by atoms with Crippen LogP contribution in [0.1, 0.15) is 0 Å². The topological polar surface area (TPSA) is 48.1 Å². The molecule has 0 unspecified atom stereocenters. The van der Waals surface area contributed by atoms with E-state index in [9.17, 15) is 0 Å². The number of ether oxygens (including phenoxy) is 1. The van der Waals surface area contributed by atoms with Crippen molar-refractivity contribution in [2.75, 3.05) is 5.73 Å². The van der Waals surface area contributed by atoms with E-state index in [1.165, 1.54) is 0 Å². The van der Waals surface area contributed by atoms with Gasteiger partial charge in [0.2, 0.25) is 0 Å². The summed E-state index contributed by atoms with van der Waals surface area (Å²) in [6.07, 6.45) is 1.69. The number of benzene rings is 2. The third kappa shape index (κ3) is 2.50. The molecular formula is C15H10Cl2N2O. The Kier molecular flexibility index (Phi) is 3.38. The maximum absolute atomic E-state index is 5.96. The predicted octanol–water partition coefficient (Wildman–Crippen LogP) is 4.92. The summed E-state index contributed by atoms with van der Waals surface area (Å²) in [4.78, 5) is 4.31. The van der Waals surface area contributed by atoms with Crippen molar-refractivity contribution in [3.63, 3.8) is 0 Å². The van der Waals surface area contributed by atoms with Crippen LogP contribution in [0.4, 0.5) is 5.69 Å². The Morgan fingerprint density at radius 2 is 1.75 bits per heavy atom. The molecule has 1 aromatic heterocycles. The zero-order valence-corrected chi connectivity index (χ0v) is 11.8. The van der Waals surface area contributed by atoms with Crippen molar-refractivity contribution >= 4 is 39.8 Å². The third-order valence-corrected chi connectivity index (χ3v) is 3.27. The lowest BCUT2D eigenvalue weighted by atomic mass is 10.1. The number of nitrogen functional groups attached to an aromatic ring is 1. The van der Waals surface area contributed by atoms with Crippen molar-refractivity contribution in [1.29, 1.82) is 0 Å². The van der Waals surface area contributed by atoms with Crippen LogP contribution < -0.4 is 10.5 Å². The number of hydrogen-bond donors (Lipinski definition) is 1. The average Bonchev–Trinajstić information content (AvgIpc) is 2.41. The van der Waals surface area contributed by atoms with Crippen LogP contribution in [-0.2, 0) is 0 Å². The lowest BCUT2D eigenvalue weighted by Gasteiger charge is -2.10. The van der Waals surface area contributed by atoms with Gasteiger partial charge in [-0.25, -0.2) is 0 Å². The van der Waals surface area contributed by atoms with E-state index in [4.69, 9.17) is 33.7 Å². The van der Waals surface area contributed by atoms with Crippen LogP contribution in [0.15, 0.2) is 48.7 Å². The number of halogens is 2. The summed E-state index contributed by atoms with van der Waals surface area (Å²) in [6.45, 7) is 0. The molecule has 20 heavy (non-hydrogen) atoms. The second-order valence-electron chi connectivity index (χ2n) is 4.26. The molecule has 0 bridgehead atoms. The molecule has 2 N–H and O–H groups in total. The normalized spacial score (nSPS) is 10.7. The lowest BCUT2D eigenvalue weighted by molar-refractivity contribution is 0.487. The Morgan fingerprint density at radius 1 is 1.00 bits per heavy atom. The van der Waals surface area contributed by atoms with E-state index in [0.717, 1.165) is 5.39 Å².